The zero-order valence-corrected chi connectivity index (χ0v) is 16.1. The number of aliphatic hydroxyl groups is 1. The molecule has 2 heterocycles. The van der Waals surface area contributed by atoms with Crippen LogP contribution in [0.5, 0.6) is 11.5 Å². The lowest BCUT2D eigenvalue weighted by Crippen LogP contribution is -2.19. The summed E-state index contributed by atoms with van der Waals surface area (Å²) in [5.74, 6) is 0.342. The van der Waals surface area contributed by atoms with Crippen molar-refractivity contribution in [1.29, 1.82) is 0 Å². The van der Waals surface area contributed by atoms with E-state index in [2.05, 4.69) is 16.3 Å². The highest BCUT2D eigenvalue weighted by Gasteiger charge is 2.39. The van der Waals surface area contributed by atoms with Gasteiger partial charge in [-0.15, -0.1) is 0 Å². The SMILES string of the molecule is COc1cc(C2C3=C(COC3=O)Cc3ccc4cn[nH]c4c32)cc(CO)c1OC. The van der Waals surface area contributed by atoms with Crippen molar-refractivity contribution < 1.29 is 24.1 Å². The van der Waals surface area contributed by atoms with Crippen LogP contribution >= 0.6 is 0 Å². The molecule has 29 heavy (non-hydrogen) atoms. The third kappa shape index (κ3) is 2.54. The van der Waals surface area contributed by atoms with Gasteiger partial charge in [0.15, 0.2) is 11.5 Å². The number of benzene rings is 2. The van der Waals surface area contributed by atoms with Crippen molar-refractivity contribution in [2.45, 2.75) is 18.9 Å². The second kappa shape index (κ2) is 6.63. The average molecular weight is 392 g/mol. The van der Waals surface area contributed by atoms with Gasteiger partial charge in [-0.3, -0.25) is 5.10 Å². The minimum Gasteiger partial charge on any atom is -0.493 e. The Morgan fingerprint density at radius 2 is 2.14 bits per heavy atom. The first-order valence-corrected chi connectivity index (χ1v) is 9.35. The maximum atomic E-state index is 12.7. The number of nitrogens with one attached hydrogen (secondary N) is 1. The monoisotopic (exact) mass is 392 g/mol. The molecule has 0 radical (unpaired) electrons. The molecule has 148 valence electrons. The zero-order chi connectivity index (χ0) is 20.1. The van der Waals surface area contributed by atoms with E-state index in [1.807, 2.05) is 18.2 Å². The van der Waals surface area contributed by atoms with Crippen LogP contribution in [0.1, 0.15) is 28.2 Å². The van der Waals surface area contributed by atoms with Crippen LogP contribution < -0.4 is 9.47 Å². The lowest BCUT2D eigenvalue weighted by Gasteiger charge is -2.28. The fraction of sp³-hybridized carbons (Fsp3) is 0.273. The average Bonchev–Trinajstić information content (AvgIpc) is 3.37. The minimum atomic E-state index is -0.349. The summed E-state index contributed by atoms with van der Waals surface area (Å²) in [6.07, 6.45) is 2.44. The number of methoxy groups -OCH3 is 2. The van der Waals surface area contributed by atoms with Crippen molar-refractivity contribution in [2.24, 2.45) is 0 Å². The molecule has 0 saturated heterocycles. The molecule has 0 saturated carbocycles. The van der Waals surface area contributed by atoms with E-state index in [1.54, 1.807) is 13.3 Å². The first kappa shape index (κ1) is 17.8. The molecule has 1 aliphatic carbocycles. The molecule has 2 N–H and O–H groups in total. The van der Waals surface area contributed by atoms with Crippen molar-refractivity contribution >= 4 is 16.9 Å². The number of cyclic esters (lactones) is 1. The highest BCUT2D eigenvalue weighted by molar-refractivity contribution is 5.98. The van der Waals surface area contributed by atoms with Gasteiger partial charge in [-0.05, 0) is 40.8 Å². The number of aliphatic hydroxyl groups excluding tert-OH is 1. The summed E-state index contributed by atoms with van der Waals surface area (Å²) < 4.78 is 16.3. The van der Waals surface area contributed by atoms with Crippen molar-refractivity contribution in [1.82, 2.24) is 10.2 Å². The standard InChI is InChI=1S/C22H20N2O5/c1-27-16-7-13(6-14(9-25)21(16)28-2)17-18-11(3-4-12-8-23-24-20(12)18)5-15-10-29-22(26)19(15)17/h3-4,6-8,17,25H,5,9-10H2,1-2H3,(H,23,24). The normalized spacial score (nSPS) is 17.9. The van der Waals surface area contributed by atoms with E-state index in [-0.39, 0.29) is 18.5 Å². The molecule has 1 aliphatic heterocycles. The first-order valence-electron chi connectivity index (χ1n) is 9.35. The lowest BCUT2D eigenvalue weighted by atomic mass is 9.74. The molecule has 2 aromatic carbocycles. The Morgan fingerprint density at radius 1 is 1.28 bits per heavy atom. The molecule has 2 aliphatic rings. The van der Waals surface area contributed by atoms with Crippen molar-refractivity contribution in [3.8, 4) is 11.5 Å². The molecule has 0 spiro atoms. The Bertz CT molecular complexity index is 1150. The predicted molar refractivity (Wildman–Crippen MR) is 105 cm³/mol. The van der Waals surface area contributed by atoms with E-state index in [9.17, 15) is 9.90 Å². The molecular formula is C22H20N2O5. The lowest BCUT2D eigenvalue weighted by molar-refractivity contribution is -0.136. The van der Waals surface area contributed by atoms with Gasteiger partial charge in [0.25, 0.3) is 0 Å². The van der Waals surface area contributed by atoms with Crippen molar-refractivity contribution in [3.05, 3.63) is 63.9 Å². The molecule has 5 rings (SSSR count). The van der Waals surface area contributed by atoms with Crippen LogP contribution in [0.2, 0.25) is 0 Å². The smallest absolute Gasteiger partial charge is 0.335 e. The number of rotatable bonds is 4. The van der Waals surface area contributed by atoms with Gasteiger partial charge in [-0.1, -0.05) is 12.1 Å². The van der Waals surface area contributed by atoms with Crippen LogP contribution in [0.15, 0.2) is 41.6 Å². The van der Waals surface area contributed by atoms with E-state index in [1.165, 1.54) is 7.11 Å². The van der Waals surface area contributed by atoms with Crippen LogP contribution in [0.25, 0.3) is 10.9 Å². The van der Waals surface area contributed by atoms with E-state index >= 15 is 0 Å². The van der Waals surface area contributed by atoms with Gasteiger partial charge in [0, 0.05) is 16.9 Å². The number of ether oxygens (including phenoxy) is 3. The molecule has 3 aromatic rings. The van der Waals surface area contributed by atoms with Gasteiger partial charge < -0.3 is 19.3 Å². The number of H-pyrrole nitrogens is 1. The van der Waals surface area contributed by atoms with Crippen LogP contribution in [-0.2, 0) is 22.6 Å². The van der Waals surface area contributed by atoms with E-state index in [0.29, 0.717) is 35.7 Å². The van der Waals surface area contributed by atoms with Gasteiger partial charge in [0.2, 0.25) is 0 Å². The van der Waals surface area contributed by atoms with Gasteiger partial charge in [-0.25, -0.2) is 4.79 Å². The number of aromatic amines is 1. The Hall–Kier alpha value is -3.32. The molecule has 0 fully saturated rings. The summed E-state index contributed by atoms with van der Waals surface area (Å²) in [7, 11) is 3.09. The summed E-state index contributed by atoms with van der Waals surface area (Å²) in [6.45, 7) is 0.100. The molecular weight excluding hydrogens is 372 g/mol. The molecule has 0 amide bonds. The molecule has 1 aromatic heterocycles. The van der Waals surface area contributed by atoms with Crippen LogP contribution in [0, 0.1) is 0 Å². The summed E-state index contributed by atoms with van der Waals surface area (Å²) in [5, 5.41) is 18.2. The summed E-state index contributed by atoms with van der Waals surface area (Å²) in [4.78, 5) is 12.7. The van der Waals surface area contributed by atoms with Gasteiger partial charge in [0.1, 0.15) is 6.61 Å². The number of carbonyl (C=O) groups excluding carboxylic acids is 1. The Kier molecular flexibility index (Phi) is 4.06. The van der Waals surface area contributed by atoms with Gasteiger partial charge in [0.05, 0.1) is 38.1 Å². The minimum absolute atomic E-state index is 0.211. The molecule has 7 nitrogen and oxygen atoms in total. The molecule has 7 heteroatoms. The van der Waals surface area contributed by atoms with Crippen LogP contribution in [0.4, 0.5) is 0 Å². The summed E-state index contributed by atoms with van der Waals surface area (Å²) in [5.41, 5.74) is 6.12. The third-order valence-electron chi connectivity index (χ3n) is 5.79. The van der Waals surface area contributed by atoms with E-state index in [0.717, 1.165) is 33.2 Å². The topological polar surface area (TPSA) is 93.7 Å². The summed E-state index contributed by atoms with van der Waals surface area (Å²) >= 11 is 0. The Morgan fingerprint density at radius 3 is 2.90 bits per heavy atom. The Balaban J connectivity index is 1.81. The van der Waals surface area contributed by atoms with Gasteiger partial charge >= 0.3 is 5.97 Å². The van der Waals surface area contributed by atoms with Crippen molar-refractivity contribution in [3.63, 3.8) is 0 Å². The number of carbonyl (C=O) groups is 1. The zero-order valence-electron chi connectivity index (χ0n) is 16.1. The third-order valence-corrected chi connectivity index (χ3v) is 5.79. The predicted octanol–water partition coefficient (Wildman–Crippen LogP) is 2.61. The van der Waals surface area contributed by atoms with Gasteiger partial charge in [-0.2, -0.15) is 5.10 Å². The molecule has 1 unspecified atom stereocenters. The highest BCUT2D eigenvalue weighted by Crippen LogP contribution is 2.48. The number of aromatic nitrogens is 2. The van der Waals surface area contributed by atoms with Crippen molar-refractivity contribution in [2.75, 3.05) is 20.8 Å². The first-order chi connectivity index (χ1) is 14.2. The van der Waals surface area contributed by atoms with E-state index in [4.69, 9.17) is 14.2 Å². The number of hydrogen-bond acceptors (Lipinski definition) is 6. The quantitative estimate of drug-likeness (QED) is 0.663. The van der Waals surface area contributed by atoms with Crippen LogP contribution in [-0.4, -0.2) is 42.1 Å². The number of fused-ring (bicyclic) bond motifs is 3. The maximum absolute atomic E-state index is 12.7. The molecule has 1 atom stereocenters. The second-order valence-corrected chi connectivity index (χ2v) is 7.25. The number of nitrogens with zero attached hydrogens (tertiary/aromatic N) is 1. The largest absolute Gasteiger partial charge is 0.493 e. The number of hydrogen-bond donors (Lipinski definition) is 2. The maximum Gasteiger partial charge on any atom is 0.335 e. The highest BCUT2D eigenvalue weighted by atomic mass is 16.5. The summed E-state index contributed by atoms with van der Waals surface area (Å²) in [6, 6.07) is 7.85. The van der Waals surface area contributed by atoms with Crippen LogP contribution in [0.3, 0.4) is 0 Å². The molecule has 0 bridgehead atoms. The fourth-order valence-corrected chi connectivity index (χ4v) is 4.54. The Labute approximate surface area is 166 Å². The van der Waals surface area contributed by atoms with E-state index < -0.39 is 0 Å². The second-order valence-electron chi connectivity index (χ2n) is 7.25. The fourth-order valence-electron chi connectivity index (χ4n) is 4.54. The number of esters is 1.